The number of rotatable bonds is 9. The molecule has 308 valence electrons. The van der Waals surface area contributed by atoms with E-state index in [1.807, 2.05) is 12.1 Å². The van der Waals surface area contributed by atoms with Gasteiger partial charge in [0.15, 0.2) is 5.78 Å². The number of ketones is 1. The van der Waals surface area contributed by atoms with Crippen LogP contribution in [0.4, 0.5) is 0 Å². The van der Waals surface area contributed by atoms with Gasteiger partial charge in [-0.1, -0.05) is 31.8 Å². The summed E-state index contributed by atoms with van der Waals surface area (Å²) in [6.07, 6.45) is 12.9. The summed E-state index contributed by atoms with van der Waals surface area (Å²) in [4.78, 5) is 68.2. The lowest BCUT2D eigenvalue weighted by atomic mass is 9.86. The van der Waals surface area contributed by atoms with Gasteiger partial charge >= 0.3 is 5.97 Å². The fourth-order valence-electron chi connectivity index (χ4n) is 10.2. The highest BCUT2D eigenvalue weighted by Gasteiger charge is 2.61. The first-order chi connectivity index (χ1) is 27.5. The Morgan fingerprint density at radius 2 is 1.72 bits per heavy atom. The molecule has 13 nitrogen and oxygen atoms in total. The van der Waals surface area contributed by atoms with E-state index in [1.165, 1.54) is 0 Å². The number of Topliss-reactive ketones (excluding diaryl/α,β-unsaturated/α-hetero) is 1. The van der Waals surface area contributed by atoms with Crippen molar-refractivity contribution in [3.05, 3.63) is 36.5 Å². The quantitative estimate of drug-likeness (QED) is 0.241. The minimum atomic E-state index is -3.85. The van der Waals surface area contributed by atoms with E-state index >= 15 is 0 Å². The van der Waals surface area contributed by atoms with E-state index in [0.717, 1.165) is 76.3 Å². The molecule has 0 aromatic carbocycles. The van der Waals surface area contributed by atoms with Crippen LogP contribution in [0.2, 0.25) is 0 Å². The number of ether oxygens (including phenoxy) is 3. The summed E-state index contributed by atoms with van der Waals surface area (Å²) in [5.74, 6) is -1.47. The fraction of sp³-hybridized carbons (Fsp3) is 0.674. The van der Waals surface area contributed by atoms with E-state index in [1.54, 1.807) is 24.2 Å². The lowest BCUT2D eigenvalue weighted by Crippen LogP contribution is -2.47. The Balaban J connectivity index is 1.13. The van der Waals surface area contributed by atoms with Crippen LogP contribution in [0.5, 0.6) is 11.6 Å². The van der Waals surface area contributed by atoms with Gasteiger partial charge in [0.2, 0.25) is 27.7 Å². The zero-order valence-corrected chi connectivity index (χ0v) is 33.8. The zero-order valence-electron chi connectivity index (χ0n) is 33.0. The maximum Gasteiger partial charge on any atom is 0.306 e. The molecule has 0 spiro atoms. The Hall–Kier alpha value is -4.07. The second-order valence-corrected chi connectivity index (χ2v) is 19.5. The first-order valence-electron chi connectivity index (χ1n) is 21.2. The summed E-state index contributed by atoms with van der Waals surface area (Å²) in [5, 5.41) is -0.598. The molecule has 4 aliphatic carbocycles. The Morgan fingerprint density at radius 1 is 0.965 bits per heavy atom. The highest BCUT2D eigenvalue weighted by atomic mass is 32.2. The first-order valence-corrected chi connectivity index (χ1v) is 22.7. The van der Waals surface area contributed by atoms with Crippen LogP contribution in [-0.4, -0.2) is 84.0 Å². The average molecular weight is 805 g/mol. The van der Waals surface area contributed by atoms with Crippen LogP contribution in [0.3, 0.4) is 0 Å². The van der Waals surface area contributed by atoms with Crippen LogP contribution in [-0.2, 0) is 40.4 Å². The Morgan fingerprint density at radius 3 is 2.46 bits per heavy atom. The number of carbonyl (C=O) groups excluding carboxylic acids is 4. The maximum absolute atomic E-state index is 15.0. The van der Waals surface area contributed by atoms with Crippen molar-refractivity contribution < 1.29 is 41.8 Å². The number of nitrogens with zero attached hydrogens (tertiary/aromatic N) is 3. The Kier molecular flexibility index (Phi) is 11.4. The van der Waals surface area contributed by atoms with Gasteiger partial charge in [0.25, 0.3) is 0 Å². The second-order valence-electron chi connectivity index (χ2n) is 17.5. The third-order valence-corrected chi connectivity index (χ3v) is 15.5. The number of hydrogen-bond donors (Lipinski definition) is 1. The summed E-state index contributed by atoms with van der Waals surface area (Å²) in [6.45, 7) is 3.96. The molecule has 0 radical (unpaired) electrons. The maximum atomic E-state index is 15.0. The average Bonchev–Trinajstić information content (AvgIpc) is 3.98. The highest BCUT2D eigenvalue weighted by molar-refractivity contribution is 7.90. The molecular weight excluding hydrogens is 749 g/mol. The van der Waals surface area contributed by atoms with Crippen LogP contribution in [0.1, 0.15) is 115 Å². The fourth-order valence-corrected chi connectivity index (χ4v) is 11.5. The monoisotopic (exact) mass is 804 g/mol. The largest absolute Gasteiger partial charge is 0.486 e. The normalized spacial score (nSPS) is 31.4. The van der Waals surface area contributed by atoms with E-state index in [9.17, 15) is 27.6 Å². The first kappa shape index (κ1) is 39.7. The van der Waals surface area contributed by atoms with Gasteiger partial charge in [-0.05, 0) is 94.4 Å². The van der Waals surface area contributed by atoms with Gasteiger partial charge in [0.1, 0.15) is 18.0 Å². The van der Waals surface area contributed by atoms with E-state index in [0.29, 0.717) is 47.8 Å². The van der Waals surface area contributed by atoms with Crippen LogP contribution < -0.4 is 14.2 Å². The van der Waals surface area contributed by atoms with Gasteiger partial charge < -0.3 is 19.1 Å². The summed E-state index contributed by atoms with van der Waals surface area (Å²) >= 11 is 0. The van der Waals surface area contributed by atoms with Crippen molar-refractivity contribution in [3.8, 4) is 11.6 Å². The molecular formula is C43H56N4O9S. The molecule has 7 atom stereocenters. The minimum Gasteiger partial charge on any atom is -0.486 e. The molecule has 14 heteroatoms. The number of fused-ring (bicyclic) bond motifs is 5. The van der Waals surface area contributed by atoms with Gasteiger partial charge in [-0.25, -0.2) is 18.4 Å². The van der Waals surface area contributed by atoms with E-state index in [-0.39, 0.29) is 67.8 Å². The van der Waals surface area contributed by atoms with Crippen molar-refractivity contribution in [2.75, 3.05) is 13.7 Å². The summed E-state index contributed by atoms with van der Waals surface area (Å²) in [5.41, 5.74) is 0.811. The molecule has 6 aliphatic rings. The topological polar surface area (TPSA) is 171 Å². The number of esters is 1. The zero-order chi connectivity index (χ0) is 39.9. The van der Waals surface area contributed by atoms with Gasteiger partial charge in [0.05, 0.1) is 59.4 Å². The SMILES string of the molecule is C=C[C@@H]1C[C@]1(CC(=O)[C@@H]1C[C@@H]2CN1C(=O)[C@H](C1CCCC1)CC(=O)O[C@@H]1CCC[C@H]1CCCCCc1nc3ccc(OC)nc3cc1O2)C(=O)NS(=O)(=O)C1CC1. The summed E-state index contributed by atoms with van der Waals surface area (Å²) in [7, 11) is -2.29. The molecule has 4 saturated carbocycles. The van der Waals surface area contributed by atoms with Crippen LogP contribution >= 0.6 is 0 Å². The molecule has 0 unspecified atom stereocenters. The number of methoxy groups -OCH3 is 1. The molecule has 2 amide bonds. The van der Waals surface area contributed by atoms with Gasteiger partial charge in [0, 0.05) is 25.0 Å². The smallest absolute Gasteiger partial charge is 0.306 e. The number of sulfonamides is 1. The Labute approximate surface area is 335 Å². The number of nitrogens with one attached hydrogen (secondary N) is 1. The molecule has 1 N–H and O–H groups in total. The number of aromatic nitrogens is 2. The molecule has 5 fully saturated rings. The van der Waals surface area contributed by atoms with Gasteiger partial charge in [-0.15, -0.1) is 6.58 Å². The van der Waals surface area contributed by atoms with Crippen molar-refractivity contribution in [1.29, 1.82) is 0 Å². The number of aryl methyl sites for hydroxylation is 1. The second kappa shape index (κ2) is 16.3. The molecule has 8 rings (SSSR count). The van der Waals surface area contributed by atoms with E-state index in [4.69, 9.17) is 19.2 Å². The third-order valence-electron chi connectivity index (χ3n) is 13.7. The van der Waals surface area contributed by atoms with Crippen molar-refractivity contribution in [1.82, 2.24) is 19.6 Å². The van der Waals surface area contributed by atoms with Gasteiger partial charge in [-0.3, -0.25) is 23.9 Å². The standard InChI is InChI=1S/C43H56N4O9S/c1-3-28-23-43(28,42(51)46-57(52,53)30-16-17-30)24-36(48)35-20-29-25-47(35)41(50)31(26-10-7-8-11-26)21-40(49)56-37-15-9-13-27(37)12-5-4-6-14-33-38(55-29)22-34-32(44-33)18-19-39(45-34)54-2/h3,18-19,22,26-31,35,37H,1,4-17,20-21,23-25H2,2H3,(H,46,51)/t27-,28-,29-,31+,35+,37-,43-/m1/s1. The Bertz CT molecular complexity index is 2010. The van der Waals surface area contributed by atoms with E-state index < -0.39 is 44.7 Å². The molecule has 2 bridgehead atoms. The minimum absolute atomic E-state index is 0.0265. The number of allylic oxidation sites excluding steroid dienone is 1. The van der Waals surface area contributed by atoms with Crippen molar-refractivity contribution in [3.63, 3.8) is 0 Å². The molecule has 2 aliphatic heterocycles. The molecule has 1 saturated heterocycles. The molecule has 4 heterocycles. The number of hydrogen-bond acceptors (Lipinski definition) is 11. The van der Waals surface area contributed by atoms with Crippen molar-refractivity contribution in [2.45, 2.75) is 139 Å². The predicted octanol–water partition coefficient (Wildman–Crippen LogP) is 5.77. The van der Waals surface area contributed by atoms with Gasteiger partial charge in [-0.2, -0.15) is 0 Å². The van der Waals surface area contributed by atoms with E-state index in [2.05, 4.69) is 16.3 Å². The lowest BCUT2D eigenvalue weighted by Gasteiger charge is -2.31. The van der Waals surface area contributed by atoms with Crippen molar-refractivity contribution in [2.24, 2.45) is 29.1 Å². The van der Waals surface area contributed by atoms with Crippen LogP contribution in [0, 0.1) is 29.1 Å². The molecule has 2 aromatic rings. The van der Waals surface area contributed by atoms with Crippen molar-refractivity contribution >= 4 is 44.6 Å². The lowest BCUT2D eigenvalue weighted by molar-refractivity contribution is -0.156. The number of carbonyl (C=O) groups is 4. The third kappa shape index (κ3) is 8.43. The number of amides is 2. The molecule has 2 aromatic heterocycles. The van der Waals surface area contributed by atoms with Crippen LogP contribution in [0.25, 0.3) is 11.0 Å². The highest BCUT2D eigenvalue weighted by Crippen LogP contribution is 2.57. The summed E-state index contributed by atoms with van der Waals surface area (Å²) in [6, 6.07) is 4.56. The van der Waals surface area contributed by atoms with Crippen LogP contribution in [0.15, 0.2) is 30.9 Å². The predicted molar refractivity (Wildman–Crippen MR) is 211 cm³/mol. The number of pyridine rings is 2. The summed E-state index contributed by atoms with van der Waals surface area (Å²) < 4.78 is 46.3. The molecule has 57 heavy (non-hydrogen) atoms.